The summed E-state index contributed by atoms with van der Waals surface area (Å²) in [5, 5.41) is 10.4. The van der Waals surface area contributed by atoms with Gasteiger partial charge >= 0.3 is 0 Å². The van der Waals surface area contributed by atoms with E-state index < -0.39 is 0 Å². The Morgan fingerprint density at radius 3 is 2.76 bits per heavy atom. The molecule has 1 saturated carbocycles. The molecule has 1 nitrogen and oxygen atoms in total. The van der Waals surface area contributed by atoms with Gasteiger partial charge in [0, 0.05) is 17.0 Å². The third kappa shape index (κ3) is 2.62. The molecule has 17 heavy (non-hydrogen) atoms. The van der Waals surface area contributed by atoms with Crippen molar-refractivity contribution < 1.29 is 0 Å². The highest BCUT2D eigenvalue weighted by molar-refractivity contribution is 7.10. The molecule has 3 heteroatoms. The maximum absolute atomic E-state index is 3.80. The van der Waals surface area contributed by atoms with Gasteiger partial charge in [-0.25, -0.2) is 0 Å². The summed E-state index contributed by atoms with van der Waals surface area (Å²) in [6.07, 6.45) is 2.76. The van der Waals surface area contributed by atoms with Gasteiger partial charge in [0.1, 0.15) is 0 Å². The van der Waals surface area contributed by atoms with Crippen molar-refractivity contribution in [3.8, 4) is 0 Å². The monoisotopic (exact) mass is 263 g/mol. The SMILES string of the molecule is CC(NC(c1cccs1)C1CC1)c1ccsc1. The van der Waals surface area contributed by atoms with Gasteiger partial charge in [0.25, 0.3) is 0 Å². The molecule has 1 aliphatic carbocycles. The van der Waals surface area contributed by atoms with Crippen LogP contribution in [0.25, 0.3) is 0 Å². The van der Waals surface area contributed by atoms with Gasteiger partial charge < -0.3 is 5.32 Å². The van der Waals surface area contributed by atoms with Crippen LogP contribution in [0.3, 0.4) is 0 Å². The van der Waals surface area contributed by atoms with Gasteiger partial charge in [-0.3, -0.25) is 0 Å². The minimum atomic E-state index is 0.453. The van der Waals surface area contributed by atoms with Crippen LogP contribution in [0.15, 0.2) is 34.3 Å². The van der Waals surface area contributed by atoms with Crippen molar-refractivity contribution in [3.05, 3.63) is 44.8 Å². The second-order valence-electron chi connectivity index (χ2n) is 4.78. The zero-order valence-corrected chi connectivity index (χ0v) is 11.6. The first-order valence-corrected chi connectivity index (χ1v) is 7.98. The Labute approximate surface area is 111 Å². The first-order valence-electron chi connectivity index (χ1n) is 6.16. The summed E-state index contributed by atoms with van der Waals surface area (Å²) in [6.45, 7) is 2.27. The Hall–Kier alpha value is -0.640. The highest BCUT2D eigenvalue weighted by atomic mass is 32.1. The lowest BCUT2D eigenvalue weighted by molar-refractivity contribution is 0.433. The molecule has 0 aliphatic heterocycles. The van der Waals surface area contributed by atoms with Gasteiger partial charge in [-0.05, 0) is 59.5 Å². The third-order valence-corrected chi connectivity index (χ3v) is 5.07. The van der Waals surface area contributed by atoms with E-state index in [4.69, 9.17) is 0 Å². The van der Waals surface area contributed by atoms with Crippen molar-refractivity contribution in [1.82, 2.24) is 5.32 Å². The van der Waals surface area contributed by atoms with Crippen molar-refractivity contribution in [2.75, 3.05) is 0 Å². The fourth-order valence-electron chi connectivity index (χ4n) is 2.24. The van der Waals surface area contributed by atoms with Crippen LogP contribution in [0.1, 0.15) is 42.3 Å². The zero-order valence-electron chi connectivity index (χ0n) is 9.93. The average molecular weight is 263 g/mol. The molecule has 2 atom stereocenters. The lowest BCUT2D eigenvalue weighted by Crippen LogP contribution is -2.25. The van der Waals surface area contributed by atoms with Gasteiger partial charge in [0.05, 0.1) is 0 Å². The van der Waals surface area contributed by atoms with E-state index in [1.807, 2.05) is 11.3 Å². The van der Waals surface area contributed by atoms with E-state index >= 15 is 0 Å². The smallest absolute Gasteiger partial charge is 0.0448 e. The van der Waals surface area contributed by atoms with E-state index in [9.17, 15) is 0 Å². The summed E-state index contributed by atoms with van der Waals surface area (Å²) in [7, 11) is 0. The minimum Gasteiger partial charge on any atom is -0.302 e. The fraction of sp³-hybridized carbons (Fsp3) is 0.429. The normalized spacial score (nSPS) is 19.1. The largest absolute Gasteiger partial charge is 0.302 e. The van der Waals surface area contributed by atoms with Crippen LogP contribution in [0.4, 0.5) is 0 Å². The van der Waals surface area contributed by atoms with Crippen molar-refractivity contribution in [2.45, 2.75) is 31.8 Å². The molecule has 2 unspecified atom stereocenters. The van der Waals surface area contributed by atoms with Gasteiger partial charge in [0.15, 0.2) is 0 Å². The number of rotatable bonds is 5. The van der Waals surface area contributed by atoms with Gasteiger partial charge in [-0.15, -0.1) is 11.3 Å². The standard InChI is InChI=1S/C14H17NS2/c1-10(12-6-8-16-9-12)15-14(11-4-5-11)13-3-2-7-17-13/h2-3,6-11,14-15H,4-5H2,1H3. The Kier molecular flexibility index (Phi) is 3.32. The van der Waals surface area contributed by atoms with E-state index in [0.29, 0.717) is 12.1 Å². The van der Waals surface area contributed by atoms with Crippen LogP contribution in [-0.2, 0) is 0 Å². The molecular weight excluding hydrogens is 246 g/mol. The summed E-state index contributed by atoms with van der Waals surface area (Å²) in [4.78, 5) is 1.49. The van der Waals surface area contributed by atoms with Crippen LogP contribution < -0.4 is 5.32 Å². The topological polar surface area (TPSA) is 12.0 Å². The Balaban J connectivity index is 1.73. The average Bonchev–Trinajstić information content (AvgIpc) is 2.87. The molecular formula is C14H17NS2. The second-order valence-corrected chi connectivity index (χ2v) is 6.53. The predicted molar refractivity (Wildman–Crippen MR) is 75.7 cm³/mol. The van der Waals surface area contributed by atoms with E-state index in [0.717, 1.165) is 5.92 Å². The van der Waals surface area contributed by atoms with E-state index in [1.54, 1.807) is 11.3 Å². The molecule has 1 N–H and O–H groups in total. The predicted octanol–water partition coefficient (Wildman–Crippen LogP) is 4.61. The van der Waals surface area contributed by atoms with E-state index in [1.165, 1.54) is 23.3 Å². The first-order chi connectivity index (χ1) is 8.34. The highest BCUT2D eigenvalue weighted by Crippen LogP contribution is 2.43. The molecule has 1 aliphatic rings. The Morgan fingerprint density at radius 2 is 2.18 bits per heavy atom. The molecule has 2 aromatic heterocycles. The van der Waals surface area contributed by atoms with Crippen LogP contribution in [0, 0.1) is 5.92 Å². The van der Waals surface area contributed by atoms with Gasteiger partial charge in [0.2, 0.25) is 0 Å². The Morgan fingerprint density at radius 1 is 1.29 bits per heavy atom. The van der Waals surface area contributed by atoms with Gasteiger partial charge in [-0.1, -0.05) is 6.07 Å². The molecule has 0 bridgehead atoms. The molecule has 0 saturated heterocycles. The van der Waals surface area contributed by atoms with Crippen molar-refractivity contribution >= 4 is 22.7 Å². The number of hydrogen-bond donors (Lipinski definition) is 1. The molecule has 90 valence electrons. The van der Waals surface area contributed by atoms with Crippen molar-refractivity contribution in [1.29, 1.82) is 0 Å². The Bertz CT molecular complexity index is 443. The molecule has 2 heterocycles. The van der Waals surface area contributed by atoms with Gasteiger partial charge in [-0.2, -0.15) is 11.3 Å². The van der Waals surface area contributed by atoms with E-state index in [2.05, 4.69) is 46.6 Å². The maximum Gasteiger partial charge on any atom is 0.0448 e. The lowest BCUT2D eigenvalue weighted by Gasteiger charge is -2.22. The summed E-state index contributed by atoms with van der Waals surface area (Å²) in [6, 6.07) is 7.66. The molecule has 3 rings (SSSR count). The van der Waals surface area contributed by atoms with Crippen LogP contribution in [0.2, 0.25) is 0 Å². The zero-order chi connectivity index (χ0) is 11.7. The number of thiophene rings is 2. The lowest BCUT2D eigenvalue weighted by atomic mass is 10.1. The van der Waals surface area contributed by atoms with Crippen LogP contribution in [0.5, 0.6) is 0 Å². The quantitative estimate of drug-likeness (QED) is 0.830. The third-order valence-electron chi connectivity index (χ3n) is 3.42. The highest BCUT2D eigenvalue weighted by Gasteiger charge is 2.33. The number of hydrogen-bond acceptors (Lipinski definition) is 3. The second kappa shape index (κ2) is 4.92. The molecule has 0 radical (unpaired) electrons. The van der Waals surface area contributed by atoms with Crippen molar-refractivity contribution in [2.24, 2.45) is 5.92 Å². The summed E-state index contributed by atoms with van der Waals surface area (Å²) >= 11 is 3.66. The van der Waals surface area contributed by atoms with Crippen LogP contribution in [-0.4, -0.2) is 0 Å². The number of nitrogens with one attached hydrogen (secondary N) is 1. The molecule has 0 amide bonds. The molecule has 2 aromatic rings. The summed E-state index contributed by atoms with van der Waals surface area (Å²) in [5.74, 6) is 0.856. The maximum atomic E-state index is 3.80. The first kappa shape index (κ1) is 11.5. The molecule has 1 fully saturated rings. The molecule has 0 spiro atoms. The minimum absolute atomic E-state index is 0.453. The fourth-order valence-corrected chi connectivity index (χ4v) is 3.87. The van der Waals surface area contributed by atoms with Crippen LogP contribution >= 0.6 is 22.7 Å². The summed E-state index contributed by atoms with van der Waals surface area (Å²) in [5.41, 5.74) is 1.41. The molecule has 0 aromatic carbocycles. The summed E-state index contributed by atoms with van der Waals surface area (Å²) < 4.78 is 0. The van der Waals surface area contributed by atoms with Crippen molar-refractivity contribution in [3.63, 3.8) is 0 Å². The van der Waals surface area contributed by atoms with E-state index in [-0.39, 0.29) is 0 Å².